The molecule has 1 aliphatic rings. The van der Waals surface area contributed by atoms with E-state index in [9.17, 15) is 43.2 Å². The Labute approximate surface area is 507 Å². The van der Waals surface area contributed by atoms with Gasteiger partial charge in [-0.3, -0.25) is 0 Å². The fourth-order valence-corrected chi connectivity index (χ4v) is 12.6. The maximum atomic E-state index is 13.0. The molecule has 0 spiro atoms. The molecule has 0 atom stereocenters. The first-order valence-corrected chi connectivity index (χ1v) is 31.0. The van der Waals surface area contributed by atoms with Crippen molar-refractivity contribution in [3.05, 3.63) is 211 Å². The van der Waals surface area contributed by atoms with Gasteiger partial charge in [-0.15, -0.1) is 0 Å². The van der Waals surface area contributed by atoms with Gasteiger partial charge in [0.15, 0.2) is 11.5 Å². The third-order valence-electron chi connectivity index (χ3n) is 16.2. The van der Waals surface area contributed by atoms with Gasteiger partial charge in [0.1, 0.15) is 22.3 Å². The summed E-state index contributed by atoms with van der Waals surface area (Å²) in [6.45, 7) is 8.38. The fraction of sp³-hybridized carbons (Fsp3) is 0.118. The van der Waals surface area contributed by atoms with E-state index in [1.807, 2.05) is 36.4 Å². The number of alkyl halides is 6. The van der Waals surface area contributed by atoms with E-state index >= 15 is 0 Å². The maximum absolute atomic E-state index is 13.0. The Morgan fingerprint density at radius 3 is 1.14 bits per heavy atom. The van der Waals surface area contributed by atoms with Crippen molar-refractivity contribution in [3.63, 3.8) is 0 Å². The average Bonchev–Trinajstić information content (AvgIpc) is 0.895. The van der Waals surface area contributed by atoms with Crippen LogP contribution in [0, 0.1) is 0 Å². The van der Waals surface area contributed by atoms with Crippen molar-refractivity contribution in [2.75, 3.05) is 0 Å². The first-order valence-electron chi connectivity index (χ1n) is 27.4. The molecule has 0 bridgehead atoms. The van der Waals surface area contributed by atoms with E-state index in [0.717, 1.165) is 49.6 Å². The number of rotatable bonds is 6. The van der Waals surface area contributed by atoms with E-state index < -0.39 is 42.8 Å². The van der Waals surface area contributed by atoms with E-state index in [1.165, 1.54) is 62.0 Å². The summed E-state index contributed by atoms with van der Waals surface area (Å²) in [5, 5.41) is 15.6. The molecule has 0 aliphatic carbocycles. The lowest BCUT2D eigenvalue weighted by atomic mass is 9.77. The normalized spacial score (nSPS) is 14.6. The number of hydrogen-bond donors (Lipinski definition) is 0. The molecule has 2 aromatic heterocycles. The highest BCUT2D eigenvalue weighted by Gasteiger charge is 2.52. The quantitative estimate of drug-likeness (QED) is 0.0521. The van der Waals surface area contributed by atoms with Crippen LogP contribution in [-0.2, 0) is 29.5 Å². The van der Waals surface area contributed by atoms with E-state index in [0.29, 0.717) is 26.4 Å². The van der Waals surface area contributed by atoms with E-state index in [1.54, 1.807) is 36.4 Å². The topological polar surface area (TPSA) is 131 Å². The smallest absolute Gasteiger partial charge is 0.456 e. The molecule has 12 aromatic carbocycles. The first-order chi connectivity index (χ1) is 41.8. The molecule has 10 nitrogen and oxygen atoms in total. The Morgan fingerprint density at radius 2 is 0.716 bits per heavy atom. The summed E-state index contributed by atoms with van der Waals surface area (Å²) in [7, 11) is -12.0. The summed E-state index contributed by atoms with van der Waals surface area (Å²) >= 11 is 3.24. The Kier molecular flexibility index (Phi) is 14.1. The Morgan fingerprint density at radius 1 is 0.375 bits per heavy atom. The van der Waals surface area contributed by atoms with Crippen molar-refractivity contribution >= 4 is 157 Å². The monoisotopic (exact) mass is 1290 g/mol. The maximum Gasteiger partial charge on any atom is 0.534 e. The van der Waals surface area contributed by atoms with Gasteiger partial charge in [0.05, 0.1) is 22.0 Å². The van der Waals surface area contributed by atoms with Gasteiger partial charge < -0.3 is 26.5 Å². The second-order valence-corrected chi connectivity index (χ2v) is 26.1. The minimum atomic E-state index is -5.86. The SMILES string of the molecule is CC1(C)OB(c2ccc3c4ccccc4c4ccccc4c3c2)OC1(C)C.O=S(=O)(Oc1cccc2oc3ccc(-c4ccc5c6ccccc6c6ccccc6c5c4)cc3c12)C(F)(F)F.O=S(=O)(Oc1cccc2oc3ccc(Br)cc3c12)C(F)(F)F. The number of benzene rings is 12. The van der Waals surface area contributed by atoms with Crippen molar-refractivity contribution in [3.8, 4) is 22.6 Å². The van der Waals surface area contributed by atoms with Crippen molar-refractivity contribution in [2.24, 2.45) is 0 Å². The molecule has 0 amide bonds. The largest absolute Gasteiger partial charge is 0.534 e. The van der Waals surface area contributed by atoms with Crippen molar-refractivity contribution in [2.45, 2.75) is 49.9 Å². The fourth-order valence-electron chi connectivity index (χ4n) is 11.3. The zero-order valence-electron chi connectivity index (χ0n) is 46.8. The van der Waals surface area contributed by atoms with Crippen LogP contribution in [0.5, 0.6) is 11.5 Å². The molecule has 442 valence electrons. The molecule has 20 heteroatoms. The Bertz CT molecular complexity index is 5330. The summed E-state index contributed by atoms with van der Waals surface area (Å²) in [6, 6.07) is 64.9. The molecular weight excluding hydrogens is 1250 g/mol. The molecule has 0 unspecified atom stereocenters. The lowest BCUT2D eigenvalue weighted by Gasteiger charge is -2.32. The zero-order valence-corrected chi connectivity index (χ0v) is 50.0. The molecule has 0 radical (unpaired) electrons. The molecule has 0 N–H and O–H groups in total. The average molecular weight is 1290 g/mol. The first kappa shape index (κ1) is 58.4. The lowest BCUT2D eigenvalue weighted by Crippen LogP contribution is -2.41. The molecule has 1 fully saturated rings. The third kappa shape index (κ3) is 10.2. The zero-order chi connectivity index (χ0) is 61.9. The van der Waals surface area contributed by atoms with Gasteiger partial charge in [0.25, 0.3) is 0 Å². The van der Waals surface area contributed by atoms with Gasteiger partial charge in [-0.05, 0) is 170 Å². The summed E-state index contributed by atoms with van der Waals surface area (Å²) in [4.78, 5) is 0. The van der Waals surface area contributed by atoms with Crippen molar-refractivity contribution in [1.29, 1.82) is 0 Å². The number of furan rings is 2. The van der Waals surface area contributed by atoms with Gasteiger partial charge >= 0.3 is 38.4 Å². The van der Waals surface area contributed by atoms with Crippen LogP contribution in [-0.4, -0.2) is 46.2 Å². The highest BCUT2D eigenvalue weighted by atomic mass is 79.9. The Balaban J connectivity index is 0.000000128. The molecule has 14 aromatic rings. The summed E-state index contributed by atoms with van der Waals surface area (Å²) in [6.07, 6.45) is 0. The van der Waals surface area contributed by atoms with Gasteiger partial charge in [-0.1, -0.05) is 162 Å². The van der Waals surface area contributed by atoms with Crippen LogP contribution in [0.2, 0.25) is 0 Å². The lowest BCUT2D eigenvalue weighted by molar-refractivity contribution is -0.0504. The number of fused-ring (bicyclic) bond motifs is 18. The molecule has 1 saturated heterocycles. The van der Waals surface area contributed by atoms with Crippen LogP contribution in [0.4, 0.5) is 26.3 Å². The number of halogens is 7. The van der Waals surface area contributed by atoms with Crippen LogP contribution < -0.4 is 13.8 Å². The second kappa shape index (κ2) is 21.3. The van der Waals surface area contributed by atoms with Crippen LogP contribution in [0.15, 0.2) is 220 Å². The third-order valence-corrected chi connectivity index (χ3v) is 18.6. The van der Waals surface area contributed by atoms with E-state index in [4.69, 9.17) is 18.1 Å². The summed E-state index contributed by atoms with van der Waals surface area (Å²) in [5.41, 5.74) is -7.75. The number of hydrogen-bond acceptors (Lipinski definition) is 10. The highest BCUT2D eigenvalue weighted by Crippen LogP contribution is 2.44. The molecule has 3 heterocycles. The Hall–Kier alpha value is -8.66. The van der Waals surface area contributed by atoms with Crippen LogP contribution >= 0.6 is 15.9 Å². The summed E-state index contributed by atoms with van der Waals surface area (Å²) in [5.74, 6) is -0.886. The molecule has 88 heavy (non-hydrogen) atoms. The van der Waals surface area contributed by atoms with Crippen LogP contribution in [0.3, 0.4) is 0 Å². The molecule has 0 saturated carbocycles. The molecular formula is C68H46BBrF6O10S2. The van der Waals surface area contributed by atoms with Gasteiger partial charge in [0, 0.05) is 15.2 Å². The summed E-state index contributed by atoms with van der Waals surface area (Å²) < 4.78 is 156. The van der Waals surface area contributed by atoms with Crippen LogP contribution in [0.25, 0.3) is 120 Å². The predicted molar refractivity (Wildman–Crippen MR) is 339 cm³/mol. The van der Waals surface area contributed by atoms with E-state index in [-0.39, 0.29) is 40.3 Å². The minimum Gasteiger partial charge on any atom is -0.456 e. The molecule has 15 rings (SSSR count). The minimum absolute atomic E-state index is 0.152. The van der Waals surface area contributed by atoms with Gasteiger partial charge in [0.2, 0.25) is 0 Å². The second-order valence-electron chi connectivity index (χ2n) is 22.1. The highest BCUT2D eigenvalue weighted by molar-refractivity contribution is 9.10. The standard InChI is InChI=1S/C31H17F3O4S.C24H23BO2.C13H6BrF3O4S/c32-31(33,34)39(35,36)38-29-11-5-10-28-30(29)26-17-19(13-15-27(26)37-28)18-12-14-24-22-8-2-1-6-20(22)21-7-3-4-9-23(21)25(24)16-18;1-23(2)24(3,4)27-25(26-23)16-13-14-21-19-11-6-5-9-17(19)18-10-7-8-12-20(18)22(21)15-16;14-7-4-5-9-8(6-7)12-10(20-9)2-1-3-11(12)21-22(18,19)13(15,16)17/h1-17H;5-15H,1-4H3;1-6H. The van der Waals surface area contributed by atoms with Gasteiger partial charge in [-0.2, -0.15) is 43.2 Å². The predicted octanol–water partition coefficient (Wildman–Crippen LogP) is 19.0. The van der Waals surface area contributed by atoms with Crippen molar-refractivity contribution in [1.82, 2.24) is 0 Å². The van der Waals surface area contributed by atoms with Gasteiger partial charge in [-0.25, -0.2) is 0 Å². The van der Waals surface area contributed by atoms with Crippen molar-refractivity contribution < 1.29 is 69.7 Å². The van der Waals surface area contributed by atoms with Crippen LogP contribution in [0.1, 0.15) is 27.7 Å². The van der Waals surface area contributed by atoms with E-state index in [2.05, 4.69) is 155 Å². The molecule has 1 aliphatic heterocycles.